The molecular weight excluding hydrogens is 338 g/mol. The topological polar surface area (TPSA) is 93.7 Å². The van der Waals surface area contributed by atoms with Gasteiger partial charge in [-0.3, -0.25) is 14.4 Å². The molecule has 0 saturated heterocycles. The number of benzene rings is 1. The monoisotopic (exact) mass is 358 g/mol. The van der Waals surface area contributed by atoms with E-state index in [0.29, 0.717) is 0 Å². The summed E-state index contributed by atoms with van der Waals surface area (Å²) in [5, 5.41) is 4.87. The summed E-state index contributed by atoms with van der Waals surface area (Å²) in [7, 11) is 0. The minimum Gasteiger partial charge on any atom is -0.454 e. The van der Waals surface area contributed by atoms with Crippen LogP contribution in [0.5, 0.6) is 5.75 Å². The Kier molecular flexibility index (Phi) is 7.28. The first-order valence-corrected chi connectivity index (χ1v) is 7.36. The van der Waals surface area contributed by atoms with E-state index in [1.165, 1.54) is 18.2 Å². The molecule has 1 aromatic rings. The second-order valence-corrected chi connectivity index (χ2v) is 6.05. The number of alkyl halides is 2. The fourth-order valence-corrected chi connectivity index (χ4v) is 1.72. The summed E-state index contributed by atoms with van der Waals surface area (Å²) >= 11 is 0. The zero-order valence-corrected chi connectivity index (χ0v) is 14.1. The maximum atomic E-state index is 12.1. The summed E-state index contributed by atoms with van der Waals surface area (Å²) in [5.74, 6) is -2.12. The van der Waals surface area contributed by atoms with Gasteiger partial charge >= 0.3 is 12.6 Å². The number of ether oxygens (including phenoxy) is 2. The van der Waals surface area contributed by atoms with E-state index >= 15 is 0 Å². The quantitative estimate of drug-likeness (QED) is 0.720. The normalized spacial score (nSPS) is 11.0. The molecule has 138 valence electrons. The number of nitrogens with one attached hydrogen (secondary N) is 2. The van der Waals surface area contributed by atoms with E-state index in [4.69, 9.17) is 4.74 Å². The molecule has 0 aliphatic heterocycles. The third-order valence-electron chi connectivity index (χ3n) is 2.59. The lowest BCUT2D eigenvalue weighted by atomic mass is 10.1. The highest BCUT2D eigenvalue weighted by Gasteiger charge is 2.16. The second-order valence-electron chi connectivity index (χ2n) is 6.05. The average molecular weight is 358 g/mol. The highest BCUT2D eigenvalue weighted by molar-refractivity contribution is 5.96. The van der Waals surface area contributed by atoms with Crippen molar-refractivity contribution in [2.75, 3.05) is 13.2 Å². The van der Waals surface area contributed by atoms with Crippen molar-refractivity contribution in [3.63, 3.8) is 0 Å². The lowest BCUT2D eigenvalue weighted by molar-refractivity contribution is -0.147. The Labute approximate surface area is 143 Å². The van der Waals surface area contributed by atoms with E-state index in [9.17, 15) is 23.2 Å². The van der Waals surface area contributed by atoms with Crippen LogP contribution >= 0.6 is 0 Å². The number of carbonyl (C=O) groups excluding carboxylic acids is 3. The van der Waals surface area contributed by atoms with E-state index in [1.54, 1.807) is 20.8 Å². The van der Waals surface area contributed by atoms with Crippen LogP contribution in [-0.2, 0) is 14.3 Å². The predicted octanol–water partition coefficient (Wildman–Crippen LogP) is 1.48. The number of carbonyl (C=O) groups is 3. The van der Waals surface area contributed by atoms with Crippen LogP contribution in [0.4, 0.5) is 8.78 Å². The smallest absolute Gasteiger partial charge is 0.387 e. The second kappa shape index (κ2) is 8.95. The van der Waals surface area contributed by atoms with Crippen molar-refractivity contribution in [1.82, 2.24) is 10.6 Å². The Hall–Kier alpha value is -2.71. The van der Waals surface area contributed by atoms with Gasteiger partial charge in [-0.1, -0.05) is 6.07 Å². The molecule has 9 heteroatoms. The van der Waals surface area contributed by atoms with Crippen molar-refractivity contribution in [1.29, 1.82) is 0 Å². The highest BCUT2D eigenvalue weighted by atomic mass is 19.3. The van der Waals surface area contributed by atoms with Crippen LogP contribution in [-0.4, -0.2) is 43.1 Å². The number of hydrogen-bond acceptors (Lipinski definition) is 5. The molecule has 0 bridgehead atoms. The first-order valence-electron chi connectivity index (χ1n) is 7.36. The van der Waals surface area contributed by atoms with Crippen LogP contribution in [0.15, 0.2) is 24.3 Å². The Morgan fingerprint density at radius 3 is 2.48 bits per heavy atom. The molecule has 2 N–H and O–H groups in total. The van der Waals surface area contributed by atoms with Crippen LogP contribution < -0.4 is 15.4 Å². The molecule has 0 aliphatic rings. The molecule has 25 heavy (non-hydrogen) atoms. The van der Waals surface area contributed by atoms with Gasteiger partial charge in [0.05, 0.1) is 0 Å². The molecule has 7 nitrogen and oxygen atoms in total. The Morgan fingerprint density at radius 2 is 1.88 bits per heavy atom. The van der Waals surface area contributed by atoms with Gasteiger partial charge in [0.15, 0.2) is 6.61 Å². The zero-order chi connectivity index (χ0) is 19.0. The molecule has 0 fully saturated rings. The van der Waals surface area contributed by atoms with Gasteiger partial charge in [-0.05, 0) is 39.0 Å². The van der Waals surface area contributed by atoms with Gasteiger partial charge in [0.1, 0.15) is 12.3 Å². The Balaban J connectivity index is 2.43. The standard InChI is InChI=1S/C16H20F2N2O5/c1-16(2,3)20-12(21)9-24-13(22)8-19-14(23)10-5-4-6-11(7-10)25-15(17)18/h4-7,15H,8-9H2,1-3H3,(H,19,23)(H,20,21). The highest BCUT2D eigenvalue weighted by Crippen LogP contribution is 2.15. The molecule has 0 atom stereocenters. The Bertz CT molecular complexity index is 629. The van der Waals surface area contributed by atoms with Crippen molar-refractivity contribution in [3.05, 3.63) is 29.8 Å². The molecule has 0 aliphatic carbocycles. The van der Waals surface area contributed by atoms with Gasteiger partial charge in [-0.2, -0.15) is 8.78 Å². The number of rotatable bonds is 7. The van der Waals surface area contributed by atoms with Gasteiger partial charge < -0.3 is 20.1 Å². The molecular formula is C16H20F2N2O5. The van der Waals surface area contributed by atoms with Crippen LogP contribution in [0.3, 0.4) is 0 Å². The van der Waals surface area contributed by atoms with E-state index in [1.807, 2.05) is 0 Å². The molecule has 1 aromatic carbocycles. The third-order valence-corrected chi connectivity index (χ3v) is 2.59. The summed E-state index contributed by atoms with van der Waals surface area (Å²) in [4.78, 5) is 34.9. The fourth-order valence-electron chi connectivity index (χ4n) is 1.72. The maximum Gasteiger partial charge on any atom is 0.387 e. The maximum absolute atomic E-state index is 12.1. The van der Waals surface area contributed by atoms with Crippen LogP contribution in [0.25, 0.3) is 0 Å². The lowest BCUT2D eigenvalue weighted by Gasteiger charge is -2.20. The van der Waals surface area contributed by atoms with Gasteiger partial charge in [0.25, 0.3) is 11.8 Å². The molecule has 0 radical (unpaired) electrons. The van der Waals surface area contributed by atoms with Gasteiger partial charge in [0.2, 0.25) is 0 Å². The fraction of sp³-hybridized carbons (Fsp3) is 0.438. The van der Waals surface area contributed by atoms with E-state index < -0.39 is 43.1 Å². The Morgan fingerprint density at radius 1 is 1.20 bits per heavy atom. The summed E-state index contributed by atoms with van der Waals surface area (Å²) in [5.41, 5.74) is -0.417. The molecule has 0 saturated carbocycles. The number of hydrogen-bond donors (Lipinski definition) is 2. The van der Waals surface area contributed by atoms with Crippen LogP contribution in [0, 0.1) is 0 Å². The minimum absolute atomic E-state index is 0.0384. The van der Waals surface area contributed by atoms with Crippen molar-refractivity contribution in [2.45, 2.75) is 32.9 Å². The third kappa shape index (κ3) is 8.63. The number of halogens is 2. The first kappa shape index (κ1) is 20.3. The van der Waals surface area contributed by atoms with E-state index in [-0.39, 0.29) is 11.3 Å². The SMILES string of the molecule is CC(C)(C)NC(=O)COC(=O)CNC(=O)c1cccc(OC(F)F)c1. The largest absolute Gasteiger partial charge is 0.454 e. The van der Waals surface area contributed by atoms with Gasteiger partial charge in [-0.15, -0.1) is 0 Å². The van der Waals surface area contributed by atoms with Crippen molar-refractivity contribution in [3.8, 4) is 5.75 Å². The van der Waals surface area contributed by atoms with Crippen LogP contribution in [0.2, 0.25) is 0 Å². The predicted molar refractivity (Wildman–Crippen MR) is 84.3 cm³/mol. The van der Waals surface area contributed by atoms with E-state index in [2.05, 4.69) is 15.4 Å². The summed E-state index contributed by atoms with van der Waals surface area (Å²) in [6.45, 7) is 1.38. The summed E-state index contributed by atoms with van der Waals surface area (Å²) in [6.07, 6.45) is 0. The van der Waals surface area contributed by atoms with Gasteiger partial charge in [-0.25, -0.2) is 0 Å². The van der Waals surface area contributed by atoms with Crippen molar-refractivity contribution < 1.29 is 32.6 Å². The molecule has 0 heterocycles. The molecule has 1 rings (SSSR count). The van der Waals surface area contributed by atoms with Crippen molar-refractivity contribution in [2.24, 2.45) is 0 Å². The summed E-state index contributed by atoms with van der Waals surface area (Å²) < 4.78 is 33.2. The van der Waals surface area contributed by atoms with Crippen molar-refractivity contribution >= 4 is 17.8 Å². The molecule has 0 aromatic heterocycles. The molecule has 0 spiro atoms. The lowest BCUT2D eigenvalue weighted by Crippen LogP contribution is -2.43. The van der Waals surface area contributed by atoms with Gasteiger partial charge in [0, 0.05) is 11.1 Å². The zero-order valence-electron chi connectivity index (χ0n) is 14.1. The number of esters is 1. The average Bonchev–Trinajstić information content (AvgIpc) is 2.48. The van der Waals surface area contributed by atoms with Crippen LogP contribution in [0.1, 0.15) is 31.1 Å². The molecule has 2 amide bonds. The number of amides is 2. The minimum atomic E-state index is -3.01. The van der Waals surface area contributed by atoms with E-state index in [0.717, 1.165) is 6.07 Å². The summed E-state index contributed by atoms with van der Waals surface area (Å²) in [6, 6.07) is 5.12. The molecule has 0 unspecified atom stereocenters. The first-order chi connectivity index (χ1) is 11.6.